The normalized spacial score (nSPS) is 11.0. The van der Waals surface area contributed by atoms with Crippen molar-refractivity contribution in [3.63, 3.8) is 0 Å². The Morgan fingerprint density at radius 2 is 1.39 bits per heavy atom. The molecule has 0 atom stereocenters. The highest BCUT2D eigenvalue weighted by atomic mass is 14.8. The highest BCUT2D eigenvalue weighted by Gasteiger charge is 2.09. The molecular formula is C17H19N. The highest BCUT2D eigenvalue weighted by molar-refractivity contribution is 5.36. The van der Waals surface area contributed by atoms with Crippen molar-refractivity contribution in [3.05, 3.63) is 84.1 Å². The third-order valence-electron chi connectivity index (χ3n) is 2.93. The Balaban J connectivity index is 2.29. The van der Waals surface area contributed by atoms with Gasteiger partial charge in [-0.05, 0) is 24.3 Å². The van der Waals surface area contributed by atoms with E-state index in [0.717, 1.165) is 6.54 Å². The van der Waals surface area contributed by atoms with Crippen LogP contribution < -0.4 is 5.32 Å². The zero-order valence-corrected chi connectivity index (χ0v) is 10.7. The van der Waals surface area contributed by atoms with Gasteiger partial charge in [-0.3, -0.25) is 0 Å². The molecule has 0 saturated heterocycles. The van der Waals surface area contributed by atoms with E-state index < -0.39 is 0 Å². The van der Waals surface area contributed by atoms with E-state index in [2.05, 4.69) is 79.0 Å². The molecule has 1 nitrogen and oxygen atoms in total. The minimum Gasteiger partial charge on any atom is -0.391 e. The first-order valence-corrected chi connectivity index (χ1v) is 6.41. The molecule has 2 rings (SSSR count). The van der Waals surface area contributed by atoms with E-state index in [0.29, 0.717) is 5.92 Å². The summed E-state index contributed by atoms with van der Waals surface area (Å²) in [5, 5.41) is 3.24. The summed E-state index contributed by atoms with van der Waals surface area (Å²) in [6, 6.07) is 21.2. The fourth-order valence-electron chi connectivity index (χ4n) is 2.02. The summed E-state index contributed by atoms with van der Waals surface area (Å²) in [5.41, 5.74) is 2.63. The van der Waals surface area contributed by atoms with Crippen molar-refractivity contribution < 1.29 is 0 Å². The van der Waals surface area contributed by atoms with Crippen molar-refractivity contribution in [1.82, 2.24) is 5.32 Å². The zero-order chi connectivity index (χ0) is 12.6. The summed E-state index contributed by atoms with van der Waals surface area (Å²) in [7, 11) is 0. The molecule has 0 saturated carbocycles. The Morgan fingerprint density at radius 1 is 0.889 bits per heavy atom. The number of allylic oxidation sites excluding steroid dienone is 1. The number of rotatable bonds is 5. The van der Waals surface area contributed by atoms with Gasteiger partial charge in [0.25, 0.3) is 0 Å². The van der Waals surface area contributed by atoms with Crippen molar-refractivity contribution in [3.8, 4) is 0 Å². The van der Waals surface area contributed by atoms with Gasteiger partial charge in [0, 0.05) is 12.5 Å². The van der Waals surface area contributed by atoms with Crippen LogP contribution in [0.5, 0.6) is 0 Å². The molecule has 92 valence electrons. The van der Waals surface area contributed by atoms with Crippen LogP contribution in [0.3, 0.4) is 0 Å². The largest absolute Gasteiger partial charge is 0.391 e. The SMILES string of the molecule is CCNC=CC(c1ccccc1)c1ccccc1. The van der Waals surface area contributed by atoms with E-state index in [1.54, 1.807) is 0 Å². The molecular weight excluding hydrogens is 218 g/mol. The maximum Gasteiger partial charge on any atom is 0.0286 e. The standard InChI is InChI=1S/C17H19N/c1-2-18-14-13-17(15-9-5-3-6-10-15)16-11-7-4-8-12-16/h3-14,17-18H,2H2,1H3. The smallest absolute Gasteiger partial charge is 0.0286 e. The average molecular weight is 237 g/mol. The fraction of sp³-hybridized carbons (Fsp3) is 0.176. The topological polar surface area (TPSA) is 12.0 Å². The van der Waals surface area contributed by atoms with E-state index in [9.17, 15) is 0 Å². The summed E-state index contributed by atoms with van der Waals surface area (Å²) in [6.45, 7) is 3.05. The average Bonchev–Trinajstić information content (AvgIpc) is 2.46. The van der Waals surface area contributed by atoms with Crippen molar-refractivity contribution in [2.45, 2.75) is 12.8 Å². The molecule has 0 unspecified atom stereocenters. The lowest BCUT2D eigenvalue weighted by molar-refractivity contribution is 0.900. The van der Waals surface area contributed by atoms with Crippen LogP contribution >= 0.6 is 0 Å². The van der Waals surface area contributed by atoms with Crippen LogP contribution in [0, 0.1) is 0 Å². The Morgan fingerprint density at radius 3 is 1.83 bits per heavy atom. The van der Waals surface area contributed by atoms with Gasteiger partial charge in [-0.2, -0.15) is 0 Å². The molecule has 0 bridgehead atoms. The summed E-state index contributed by atoms with van der Waals surface area (Å²) >= 11 is 0. The van der Waals surface area contributed by atoms with Gasteiger partial charge in [-0.25, -0.2) is 0 Å². The van der Waals surface area contributed by atoms with Gasteiger partial charge in [-0.15, -0.1) is 0 Å². The van der Waals surface area contributed by atoms with Gasteiger partial charge in [-0.1, -0.05) is 66.7 Å². The lowest BCUT2D eigenvalue weighted by atomic mass is 9.91. The van der Waals surface area contributed by atoms with Crippen LogP contribution in [0.2, 0.25) is 0 Å². The third kappa shape index (κ3) is 3.24. The summed E-state index contributed by atoms with van der Waals surface area (Å²) in [4.78, 5) is 0. The van der Waals surface area contributed by atoms with Gasteiger partial charge in [0.2, 0.25) is 0 Å². The Hall–Kier alpha value is -2.02. The molecule has 1 N–H and O–H groups in total. The van der Waals surface area contributed by atoms with E-state index >= 15 is 0 Å². The zero-order valence-electron chi connectivity index (χ0n) is 10.7. The molecule has 0 aliphatic rings. The number of hydrogen-bond donors (Lipinski definition) is 1. The lowest BCUT2D eigenvalue weighted by Crippen LogP contribution is -2.04. The Kier molecular flexibility index (Phi) is 4.60. The van der Waals surface area contributed by atoms with Crippen molar-refractivity contribution in [1.29, 1.82) is 0 Å². The molecule has 0 radical (unpaired) electrons. The maximum atomic E-state index is 3.24. The second kappa shape index (κ2) is 6.65. The summed E-state index contributed by atoms with van der Waals surface area (Å²) in [5.74, 6) is 0.312. The second-order valence-corrected chi connectivity index (χ2v) is 4.22. The van der Waals surface area contributed by atoms with E-state index in [-0.39, 0.29) is 0 Å². The van der Waals surface area contributed by atoms with Gasteiger partial charge in [0.15, 0.2) is 0 Å². The summed E-state index contributed by atoms with van der Waals surface area (Å²) in [6.07, 6.45) is 4.26. The fourth-order valence-corrected chi connectivity index (χ4v) is 2.02. The number of benzene rings is 2. The molecule has 0 aromatic heterocycles. The van der Waals surface area contributed by atoms with Crippen molar-refractivity contribution in [2.75, 3.05) is 6.54 Å². The lowest BCUT2D eigenvalue weighted by Gasteiger charge is -2.14. The van der Waals surface area contributed by atoms with Crippen LogP contribution in [-0.2, 0) is 0 Å². The van der Waals surface area contributed by atoms with Crippen LogP contribution in [-0.4, -0.2) is 6.54 Å². The molecule has 18 heavy (non-hydrogen) atoms. The molecule has 0 heterocycles. The predicted molar refractivity (Wildman–Crippen MR) is 77.5 cm³/mol. The van der Waals surface area contributed by atoms with Gasteiger partial charge < -0.3 is 5.32 Å². The minimum absolute atomic E-state index is 0.312. The summed E-state index contributed by atoms with van der Waals surface area (Å²) < 4.78 is 0. The number of nitrogens with one attached hydrogen (secondary N) is 1. The van der Waals surface area contributed by atoms with Crippen LogP contribution in [0.4, 0.5) is 0 Å². The number of hydrogen-bond acceptors (Lipinski definition) is 1. The molecule has 0 spiro atoms. The van der Waals surface area contributed by atoms with Crippen molar-refractivity contribution in [2.24, 2.45) is 0 Å². The van der Waals surface area contributed by atoms with Crippen molar-refractivity contribution >= 4 is 0 Å². The van der Waals surface area contributed by atoms with Crippen LogP contribution in [0.1, 0.15) is 24.0 Å². The quantitative estimate of drug-likeness (QED) is 0.830. The first-order chi connectivity index (χ1) is 8.92. The molecule has 0 aliphatic carbocycles. The van der Waals surface area contributed by atoms with E-state index in [1.807, 2.05) is 6.20 Å². The van der Waals surface area contributed by atoms with Gasteiger partial charge in [0.1, 0.15) is 0 Å². The first-order valence-electron chi connectivity index (χ1n) is 6.41. The molecule has 1 heteroatoms. The van der Waals surface area contributed by atoms with Gasteiger partial charge in [0.05, 0.1) is 0 Å². The molecule has 2 aromatic rings. The second-order valence-electron chi connectivity index (χ2n) is 4.22. The maximum absolute atomic E-state index is 3.24. The molecule has 2 aromatic carbocycles. The van der Waals surface area contributed by atoms with E-state index in [4.69, 9.17) is 0 Å². The van der Waals surface area contributed by atoms with Gasteiger partial charge >= 0.3 is 0 Å². The minimum atomic E-state index is 0.312. The first kappa shape index (κ1) is 12.4. The van der Waals surface area contributed by atoms with E-state index in [1.165, 1.54) is 11.1 Å². The highest BCUT2D eigenvalue weighted by Crippen LogP contribution is 2.25. The third-order valence-corrected chi connectivity index (χ3v) is 2.93. The van der Waals surface area contributed by atoms with Crippen LogP contribution in [0.25, 0.3) is 0 Å². The molecule has 0 fully saturated rings. The monoisotopic (exact) mass is 237 g/mol. The Bertz CT molecular complexity index is 434. The molecule has 0 amide bonds. The predicted octanol–water partition coefficient (Wildman–Crippen LogP) is 3.94. The van der Waals surface area contributed by atoms with Crippen LogP contribution in [0.15, 0.2) is 72.9 Å². The molecule has 0 aliphatic heterocycles. The Labute approximate surface area is 109 Å².